The van der Waals surface area contributed by atoms with Gasteiger partial charge in [0.1, 0.15) is 0 Å². The highest BCUT2D eigenvalue weighted by Gasteiger charge is 2.44. The number of nitrogens with zero attached hydrogens (tertiary/aromatic N) is 1. The van der Waals surface area contributed by atoms with Gasteiger partial charge in [-0.1, -0.05) is 38.7 Å². The summed E-state index contributed by atoms with van der Waals surface area (Å²) in [5.74, 6) is -0.515. The Morgan fingerprint density at radius 3 is 2.71 bits per heavy atom. The molecule has 1 aromatic rings. The van der Waals surface area contributed by atoms with Gasteiger partial charge < -0.3 is 19.5 Å². The van der Waals surface area contributed by atoms with Crippen molar-refractivity contribution in [2.24, 2.45) is 0 Å². The number of halogens is 1. The quantitative estimate of drug-likeness (QED) is 0.598. The first-order chi connectivity index (χ1) is 13.6. The van der Waals surface area contributed by atoms with Crippen LogP contribution in [0, 0.1) is 5.82 Å². The third-order valence-corrected chi connectivity index (χ3v) is 6.09. The van der Waals surface area contributed by atoms with E-state index in [0.29, 0.717) is 25.5 Å². The molecule has 1 spiro atoms. The third-order valence-electron chi connectivity index (χ3n) is 6.09. The van der Waals surface area contributed by atoms with Gasteiger partial charge in [0.15, 0.2) is 11.5 Å². The summed E-state index contributed by atoms with van der Waals surface area (Å²) in [6.45, 7) is 5.40. The average Bonchev–Trinajstić information content (AvgIpc) is 3.04. The van der Waals surface area contributed by atoms with Crippen molar-refractivity contribution in [3.8, 4) is 11.5 Å². The number of ether oxygens (including phenoxy) is 2. The van der Waals surface area contributed by atoms with Gasteiger partial charge in [-0.2, -0.15) is 4.39 Å². The number of piperidine rings is 1. The molecule has 1 saturated heterocycles. The molecule has 1 N–H and O–H groups in total. The molecular formula is C22H32FNO4. The summed E-state index contributed by atoms with van der Waals surface area (Å²) < 4.78 is 26.4. The van der Waals surface area contributed by atoms with Crippen LogP contribution in [-0.4, -0.2) is 48.8 Å². The molecule has 1 aromatic carbocycles. The fourth-order valence-electron chi connectivity index (χ4n) is 4.26. The highest BCUT2D eigenvalue weighted by Crippen LogP contribution is 2.48. The molecule has 0 unspecified atom stereocenters. The molecule has 0 saturated carbocycles. The van der Waals surface area contributed by atoms with Gasteiger partial charge in [0.25, 0.3) is 0 Å². The normalized spacial score (nSPS) is 18.1. The van der Waals surface area contributed by atoms with Crippen LogP contribution in [0.1, 0.15) is 63.9 Å². The third kappa shape index (κ3) is 4.77. The number of aliphatic carboxylic acids is 1. The number of hydrogen-bond acceptors (Lipinski definition) is 4. The van der Waals surface area contributed by atoms with Crippen molar-refractivity contribution in [2.45, 2.75) is 63.7 Å². The number of rotatable bonds is 10. The molecule has 5 nitrogen and oxygen atoms in total. The Kier molecular flexibility index (Phi) is 7.16. The van der Waals surface area contributed by atoms with Gasteiger partial charge in [0.2, 0.25) is 5.82 Å². The minimum Gasteiger partial charge on any atom is -0.490 e. The van der Waals surface area contributed by atoms with Crippen LogP contribution < -0.4 is 9.47 Å². The standard InChI is InChI=1S/C22H32FNO4/c1-2-3-4-5-6-15-27-18-8-7-17-21(20(18)23)28-16-22(17)10-13-24(14-11-22)12-9-19(25)26/h7-8H,2-6,9-16H2,1H3,(H,25,26). The Morgan fingerprint density at radius 2 is 2.00 bits per heavy atom. The molecule has 1 fully saturated rings. The van der Waals surface area contributed by atoms with Gasteiger partial charge in [-0.3, -0.25) is 4.79 Å². The molecule has 28 heavy (non-hydrogen) atoms. The fraction of sp³-hybridized carbons (Fsp3) is 0.682. The monoisotopic (exact) mass is 393 g/mol. The van der Waals surface area contributed by atoms with E-state index in [4.69, 9.17) is 14.6 Å². The van der Waals surface area contributed by atoms with Crippen LogP contribution in [-0.2, 0) is 10.2 Å². The van der Waals surface area contributed by atoms with Crippen molar-refractivity contribution in [1.29, 1.82) is 0 Å². The smallest absolute Gasteiger partial charge is 0.304 e. The number of fused-ring (bicyclic) bond motifs is 2. The highest BCUT2D eigenvalue weighted by atomic mass is 19.1. The second-order valence-electron chi connectivity index (χ2n) is 8.07. The molecule has 0 aromatic heterocycles. The number of likely N-dealkylation sites (tertiary alicyclic amines) is 1. The zero-order chi connectivity index (χ0) is 20.0. The van der Waals surface area contributed by atoms with E-state index in [1.165, 1.54) is 19.3 Å². The van der Waals surface area contributed by atoms with Crippen molar-refractivity contribution in [3.63, 3.8) is 0 Å². The van der Waals surface area contributed by atoms with Crippen molar-refractivity contribution in [2.75, 3.05) is 32.8 Å². The van der Waals surface area contributed by atoms with Gasteiger partial charge in [-0.05, 0) is 38.4 Å². The lowest BCUT2D eigenvalue weighted by Gasteiger charge is -2.38. The summed E-state index contributed by atoms with van der Waals surface area (Å²) in [7, 11) is 0. The van der Waals surface area contributed by atoms with E-state index in [-0.39, 0.29) is 23.4 Å². The Hall–Kier alpha value is -1.82. The molecule has 0 amide bonds. The molecule has 2 heterocycles. The molecule has 6 heteroatoms. The van der Waals surface area contributed by atoms with Crippen LogP contribution >= 0.6 is 0 Å². The second-order valence-corrected chi connectivity index (χ2v) is 8.07. The number of carboxylic acids is 1. The van der Waals surface area contributed by atoms with Crippen molar-refractivity contribution in [1.82, 2.24) is 4.90 Å². The van der Waals surface area contributed by atoms with Crippen molar-refractivity contribution in [3.05, 3.63) is 23.5 Å². The maximum Gasteiger partial charge on any atom is 0.304 e. The lowest BCUT2D eigenvalue weighted by molar-refractivity contribution is -0.137. The predicted molar refractivity (Wildman–Crippen MR) is 106 cm³/mol. The summed E-state index contributed by atoms with van der Waals surface area (Å²) in [6.07, 6.45) is 7.56. The first kappa shape index (κ1) is 20.9. The summed E-state index contributed by atoms with van der Waals surface area (Å²) >= 11 is 0. The van der Waals surface area contributed by atoms with Gasteiger partial charge in [-0.15, -0.1) is 0 Å². The lowest BCUT2D eigenvalue weighted by Crippen LogP contribution is -2.44. The van der Waals surface area contributed by atoms with Gasteiger partial charge in [0.05, 0.1) is 19.6 Å². The predicted octanol–water partition coefficient (Wildman–Crippen LogP) is 4.38. The number of benzene rings is 1. The molecular weight excluding hydrogens is 361 g/mol. The fourth-order valence-corrected chi connectivity index (χ4v) is 4.26. The maximum atomic E-state index is 14.9. The number of carbonyl (C=O) groups is 1. The van der Waals surface area contributed by atoms with Gasteiger partial charge >= 0.3 is 5.97 Å². The number of hydrogen-bond donors (Lipinski definition) is 1. The molecule has 0 aliphatic carbocycles. The Morgan fingerprint density at radius 1 is 1.25 bits per heavy atom. The van der Waals surface area contributed by atoms with E-state index in [9.17, 15) is 9.18 Å². The van der Waals surface area contributed by atoms with Crippen LogP contribution in [0.5, 0.6) is 11.5 Å². The van der Waals surface area contributed by atoms with Gasteiger partial charge in [0, 0.05) is 17.5 Å². The van der Waals surface area contributed by atoms with Gasteiger partial charge in [-0.25, -0.2) is 0 Å². The van der Waals surface area contributed by atoms with Crippen molar-refractivity contribution >= 4 is 5.97 Å². The van der Waals surface area contributed by atoms with Crippen LogP contribution in [0.25, 0.3) is 0 Å². The first-order valence-electron chi connectivity index (χ1n) is 10.6. The summed E-state index contributed by atoms with van der Waals surface area (Å²) in [5, 5.41) is 8.85. The molecule has 0 atom stereocenters. The topological polar surface area (TPSA) is 59.0 Å². The summed E-state index contributed by atoms with van der Waals surface area (Å²) in [6, 6.07) is 3.71. The number of unbranched alkanes of at least 4 members (excludes halogenated alkanes) is 4. The SMILES string of the molecule is CCCCCCCOc1ccc2c(c1F)OCC21CCN(CCC(=O)O)CC1. The van der Waals surface area contributed by atoms with E-state index < -0.39 is 5.97 Å². The lowest BCUT2D eigenvalue weighted by atomic mass is 9.74. The van der Waals surface area contributed by atoms with E-state index >= 15 is 0 Å². The van der Waals surface area contributed by atoms with E-state index in [2.05, 4.69) is 11.8 Å². The largest absolute Gasteiger partial charge is 0.490 e. The molecule has 0 radical (unpaired) electrons. The molecule has 3 rings (SSSR count). The zero-order valence-electron chi connectivity index (χ0n) is 16.8. The van der Waals surface area contributed by atoms with Crippen LogP contribution in [0.3, 0.4) is 0 Å². The first-order valence-corrected chi connectivity index (χ1v) is 10.6. The molecule has 2 aliphatic heterocycles. The average molecular weight is 393 g/mol. The molecule has 156 valence electrons. The van der Waals surface area contributed by atoms with E-state index in [1.54, 1.807) is 6.07 Å². The summed E-state index contributed by atoms with van der Waals surface area (Å²) in [4.78, 5) is 12.9. The Bertz CT molecular complexity index is 671. The maximum absolute atomic E-state index is 14.9. The van der Waals surface area contributed by atoms with Crippen LogP contribution in [0.2, 0.25) is 0 Å². The molecule has 0 bridgehead atoms. The number of carboxylic acid groups (broad SMARTS) is 1. The minimum atomic E-state index is -0.769. The Labute approximate surface area is 166 Å². The summed E-state index contributed by atoms with van der Waals surface area (Å²) in [5.41, 5.74) is 0.785. The van der Waals surface area contributed by atoms with E-state index in [0.717, 1.165) is 44.3 Å². The molecule has 2 aliphatic rings. The van der Waals surface area contributed by atoms with Crippen LogP contribution in [0.15, 0.2) is 12.1 Å². The zero-order valence-corrected chi connectivity index (χ0v) is 16.8. The highest BCUT2D eigenvalue weighted by molar-refractivity contribution is 5.66. The van der Waals surface area contributed by atoms with Crippen molar-refractivity contribution < 1.29 is 23.8 Å². The Balaban J connectivity index is 1.57. The second kappa shape index (κ2) is 9.59. The minimum absolute atomic E-state index is 0.158. The van der Waals surface area contributed by atoms with E-state index in [1.807, 2.05) is 6.07 Å². The van der Waals surface area contributed by atoms with Crippen LogP contribution in [0.4, 0.5) is 4.39 Å².